The molecule has 6 N–H and O–H groups in total. The molecular weight excluding hydrogens is 379 g/mol. The number of para-hydroxylation sites is 1. The van der Waals surface area contributed by atoms with Crippen LogP contribution in [0.5, 0.6) is 0 Å². The van der Waals surface area contributed by atoms with Gasteiger partial charge in [-0.3, -0.25) is 9.59 Å². The van der Waals surface area contributed by atoms with Gasteiger partial charge in [0.25, 0.3) is 11.8 Å². The molecule has 3 rings (SSSR count). The normalized spacial score (nSPS) is 16.3. The summed E-state index contributed by atoms with van der Waals surface area (Å²) in [5.74, 6) is -2.27. The molecule has 1 heterocycles. The number of nitrogens with one attached hydrogen (secondary N) is 1. The number of carbonyl (C=O) groups excluding carboxylic acids is 2. The van der Waals surface area contributed by atoms with Crippen molar-refractivity contribution in [3.8, 4) is 0 Å². The first-order valence-electron chi connectivity index (χ1n) is 9.08. The van der Waals surface area contributed by atoms with Crippen LogP contribution in [-0.4, -0.2) is 34.5 Å². The fraction of sp³-hybridized carbons (Fsp3) is 0.250. The Morgan fingerprint density at radius 2 is 1.90 bits per heavy atom. The van der Waals surface area contributed by atoms with Crippen molar-refractivity contribution in [3.05, 3.63) is 58.9 Å². The van der Waals surface area contributed by atoms with Gasteiger partial charge in [-0.15, -0.1) is 0 Å². The number of benzene rings is 2. The predicted octanol–water partition coefficient (Wildman–Crippen LogP) is 2.96. The number of carboxylic acid groups (broad SMARTS) is 1. The summed E-state index contributed by atoms with van der Waals surface area (Å²) in [6.07, 6.45) is 1.14. The van der Waals surface area contributed by atoms with Gasteiger partial charge in [0.1, 0.15) is 5.82 Å². The molecule has 1 saturated heterocycles. The lowest BCUT2D eigenvalue weighted by Crippen LogP contribution is -2.37. The maximum Gasteiger partial charge on any atom is 0.407 e. The summed E-state index contributed by atoms with van der Waals surface area (Å²) in [6.45, 7) is 0.388. The predicted molar refractivity (Wildman–Crippen MR) is 105 cm³/mol. The Hall–Kier alpha value is -3.62. The molecule has 1 aliphatic heterocycles. The van der Waals surface area contributed by atoms with Gasteiger partial charge in [0, 0.05) is 6.54 Å². The fourth-order valence-electron chi connectivity index (χ4n) is 3.51. The molecule has 0 aromatic heterocycles. The van der Waals surface area contributed by atoms with Crippen LogP contribution in [0.2, 0.25) is 0 Å². The van der Waals surface area contributed by atoms with Gasteiger partial charge < -0.3 is 26.8 Å². The van der Waals surface area contributed by atoms with Gasteiger partial charge >= 0.3 is 6.09 Å². The van der Waals surface area contributed by atoms with Crippen molar-refractivity contribution in [1.82, 2.24) is 4.90 Å². The van der Waals surface area contributed by atoms with E-state index in [9.17, 15) is 23.9 Å². The molecule has 2 aromatic rings. The highest BCUT2D eigenvalue weighted by atomic mass is 19.1. The highest BCUT2D eigenvalue weighted by Crippen LogP contribution is 2.32. The zero-order chi connectivity index (χ0) is 21.1. The Labute approximate surface area is 166 Å². The van der Waals surface area contributed by atoms with Crippen LogP contribution in [0, 0.1) is 5.82 Å². The number of amides is 3. The van der Waals surface area contributed by atoms with Gasteiger partial charge in [-0.05, 0) is 49.1 Å². The number of nitrogens with two attached hydrogens (primary N) is 2. The van der Waals surface area contributed by atoms with Gasteiger partial charge in [0.2, 0.25) is 0 Å². The van der Waals surface area contributed by atoms with Gasteiger partial charge in [-0.2, -0.15) is 0 Å². The summed E-state index contributed by atoms with van der Waals surface area (Å²) in [5.41, 5.74) is 11.5. The molecule has 8 nitrogen and oxygen atoms in total. The molecule has 1 atom stereocenters. The number of likely N-dealkylation sites (tertiary alicyclic amines) is 1. The molecule has 0 spiro atoms. The highest BCUT2D eigenvalue weighted by molar-refractivity contribution is 6.08. The second-order valence-electron chi connectivity index (χ2n) is 6.81. The third-order valence-corrected chi connectivity index (χ3v) is 4.99. The average molecular weight is 400 g/mol. The summed E-state index contributed by atoms with van der Waals surface area (Å²) in [4.78, 5) is 36.6. The van der Waals surface area contributed by atoms with Crippen molar-refractivity contribution in [2.45, 2.75) is 25.3 Å². The molecule has 0 aliphatic carbocycles. The Morgan fingerprint density at radius 1 is 1.14 bits per heavy atom. The van der Waals surface area contributed by atoms with Gasteiger partial charge in [-0.1, -0.05) is 12.1 Å². The molecule has 152 valence electrons. The van der Waals surface area contributed by atoms with Crippen molar-refractivity contribution >= 4 is 29.3 Å². The topological polar surface area (TPSA) is 139 Å². The molecule has 29 heavy (non-hydrogen) atoms. The van der Waals surface area contributed by atoms with Crippen molar-refractivity contribution in [2.75, 3.05) is 17.6 Å². The Balaban J connectivity index is 1.84. The maximum absolute atomic E-state index is 14.7. The summed E-state index contributed by atoms with van der Waals surface area (Å²) >= 11 is 0. The number of hydrogen-bond donors (Lipinski definition) is 4. The van der Waals surface area contributed by atoms with Crippen molar-refractivity contribution in [1.29, 1.82) is 0 Å². The van der Waals surface area contributed by atoms with E-state index < -0.39 is 29.8 Å². The van der Waals surface area contributed by atoms with E-state index in [2.05, 4.69) is 5.32 Å². The van der Waals surface area contributed by atoms with E-state index in [0.717, 1.165) is 12.8 Å². The Morgan fingerprint density at radius 3 is 2.55 bits per heavy atom. The van der Waals surface area contributed by atoms with E-state index in [0.29, 0.717) is 18.5 Å². The summed E-state index contributed by atoms with van der Waals surface area (Å²) < 4.78 is 14.7. The molecule has 1 aliphatic rings. The third kappa shape index (κ3) is 4.13. The zero-order valence-corrected chi connectivity index (χ0v) is 15.5. The minimum absolute atomic E-state index is 0.00955. The standard InChI is InChI=1S/C20H21FN4O4/c21-14-10-11(16-6-1-2-9-25(16)20(28)29)7-8-12(14)19(27)24-15-5-3-4-13(17(15)22)18(23)26/h3-5,7-8,10,16H,1-2,6,9,22H2,(H2,23,26)(H,24,27)(H,28,29)/t16-/m1/s1. The molecule has 0 saturated carbocycles. The van der Waals surface area contributed by atoms with Crippen molar-refractivity contribution in [3.63, 3.8) is 0 Å². The number of piperidine rings is 1. The molecule has 2 aromatic carbocycles. The second-order valence-corrected chi connectivity index (χ2v) is 6.81. The lowest BCUT2D eigenvalue weighted by molar-refractivity contribution is 0.0996. The SMILES string of the molecule is NC(=O)c1cccc(NC(=O)c2ccc([C@H]3CCCCN3C(=O)O)cc2F)c1N. The van der Waals surface area contributed by atoms with Crippen LogP contribution in [-0.2, 0) is 0 Å². The zero-order valence-electron chi connectivity index (χ0n) is 15.5. The van der Waals surface area contributed by atoms with Crippen LogP contribution < -0.4 is 16.8 Å². The first-order valence-corrected chi connectivity index (χ1v) is 9.08. The lowest BCUT2D eigenvalue weighted by Gasteiger charge is -2.33. The van der Waals surface area contributed by atoms with Crippen molar-refractivity contribution < 1.29 is 23.9 Å². The molecule has 0 bridgehead atoms. The summed E-state index contributed by atoms with van der Waals surface area (Å²) in [7, 11) is 0. The van der Waals surface area contributed by atoms with E-state index in [4.69, 9.17) is 11.5 Å². The first kappa shape index (κ1) is 20.1. The largest absolute Gasteiger partial charge is 0.465 e. The smallest absolute Gasteiger partial charge is 0.407 e. The minimum Gasteiger partial charge on any atom is -0.465 e. The maximum atomic E-state index is 14.7. The summed E-state index contributed by atoms with van der Waals surface area (Å²) in [6, 6.07) is 7.98. The minimum atomic E-state index is -1.05. The van der Waals surface area contributed by atoms with Crippen LogP contribution in [0.25, 0.3) is 0 Å². The average Bonchev–Trinajstić information content (AvgIpc) is 2.69. The van der Waals surface area contributed by atoms with E-state index in [-0.39, 0.29) is 22.5 Å². The molecule has 0 radical (unpaired) electrons. The number of nitrogen functional groups attached to an aromatic ring is 1. The van der Waals surface area contributed by atoms with Gasteiger partial charge in [0.05, 0.1) is 28.5 Å². The highest BCUT2D eigenvalue weighted by Gasteiger charge is 2.28. The van der Waals surface area contributed by atoms with Crippen LogP contribution in [0.3, 0.4) is 0 Å². The quantitative estimate of drug-likeness (QED) is 0.584. The van der Waals surface area contributed by atoms with Gasteiger partial charge in [-0.25, -0.2) is 9.18 Å². The molecule has 1 fully saturated rings. The molecular formula is C20H21FN4O4. The molecule has 9 heteroatoms. The molecule has 3 amide bonds. The Kier molecular flexibility index (Phi) is 5.67. The number of rotatable bonds is 4. The monoisotopic (exact) mass is 400 g/mol. The Bertz CT molecular complexity index is 979. The van der Waals surface area contributed by atoms with E-state index >= 15 is 0 Å². The van der Waals surface area contributed by atoms with Crippen molar-refractivity contribution in [2.24, 2.45) is 5.73 Å². The number of hydrogen-bond acceptors (Lipinski definition) is 4. The number of carbonyl (C=O) groups is 3. The summed E-state index contributed by atoms with van der Waals surface area (Å²) in [5, 5.41) is 11.8. The number of primary amides is 1. The fourth-order valence-corrected chi connectivity index (χ4v) is 3.51. The lowest BCUT2D eigenvalue weighted by atomic mass is 9.94. The third-order valence-electron chi connectivity index (χ3n) is 4.99. The van der Waals surface area contributed by atoms with Crippen LogP contribution in [0.4, 0.5) is 20.6 Å². The van der Waals surface area contributed by atoms with Crippen LogP contribution >= 0.6 is 0 Å². The molecule has 0 unspecified atom stereocenters. The van der Waals surface area contributed by atoms with E-state index in [1.807, 2.05) is 0 Å². The number of anilines is 2. The van der Waals surface area contributed by atoms with Gasteiger partial charge in [0.15, 0.2) is 0 Å². The van der Waals surface area contributed by atoms with E-state index in [1.54, 1.807) is 6.07 Å². The number of nitrogens with zero attached hydrogens (tertiary/aromatic N) is 1. The first-order chi connectivity index (χ1) is 13.8. The second kappa shape index (κ2) is 8.17. The van der Waals surface area contributed by atoms with E-state index in [1.165, 1.54) is 35.2 Å². The van der Waals surface area contributed by atoms with Crippen LogP contribution in [0.15, 0.2) is 36.4 Å². The van der Waals surface area contributed by atoms with Crippen LogP contribution in [0.1, 0.15) is 51.6 Å². The number of halogens is 1.